The minimum Gasteiger partial charge on any atom is -0.455 e. The van der Waals surface area contributed by atoms with E-state index in [9.17, 15) is 9.59 Å². The van der Waals surface area contributed by atoms with Crippen molar-refractivity contribution in [1.82, 2.24) is 30.3 Å². The summed E-state index contributed by atoms with van der Waals surface area (Å²) in [6.07, 6.45) is 14.4. The molecule has 3 aromatic rings. The van der Waals surface area contributed by atoms with E-state index in [1.807, 2.05) is 35.4 Å². The predicted molar refractivity (Wildman–Crippen MR) is 212 cm³/mol. The summed E-state index contributed by atoms with van der Waals surface area (Å²) in [5.74, 6) is 0.439. The van der Waals surface area contributed by atoms with Crippen LogP contribution in [0.4, 0.5) is 0 Å². The van der Waals surface area contributed by atoms with Crippen LogP contribution in [0, 0.1) is 5.92 Å². The second kappa shape index (κ2) is 18.2. The number of hydrogen-bond donors (Lipinski definition) is 3. The van der Waals surface area contributed by atoms with Crippen molar-refractivity contribution in [3.8, 4) is 0 Å². The Morgan fingerprint density at radius 3 is 2.60 bits per heavy atom. The second-order valence-electron chi connectivity index (χ2n) is 15.5. The van der Waals surface area contributed by atoms with Crippen LogP contribution in [0.5, 0.6) is 0 Å². The second-order valence-corrected chi connectivity index (χ2v) is 16.7. The lowest BCUT2D eigenvalue weighted by atomic mass is 9.85. The fourth-order valence-electron chi connectivity index (χ4n) is 8.59. The van der Waals surface area contributed by atoms with Gasteiger partial charge in [0.25, 0.3) is 6.02 Å². The molecule has 7 rings (SSSR count). The zero-order valence-electron chi connectivity index (χ0n) is 31.3. The van der Waals surface area contributed by atoms with Crippen LogP contribution in [0.1, 0.15) is 87.7 Å². The zero-order valence-corrected chi connectivity index (χ0v) is 32.2. The Kier molecular flexibility index (Phi) is 12.9. The zero-order chi connectivity index (χ0) is 36.6. The molecule has 0 spiro atoms. The van der Waals surface area contributed by atoms with Crippen LogP contribution in [0.3, 0.4) is 0 Å². The van der Waals surface area contributed by atoms with E-state index in [0.717, 1.165) is 78.6 Å². The Labute approximate surface area is 318 Å². The summed E-state index contributed by atoms with van der Waals surface area (Å²) in [5, 5.41) is 8.09. The van der Waals surface area contributed by atoms with Gasteiger partial charge in [0.2, 0.25) is 11.8 Å². The van der Waals surface area contributed by atoms with E-state index in [4.69, 9.17) is 15.5 Å². The Morgan fingerprint density at radius 2 is 1.83 bits per heavy atom. The number of amidine groups is 1. The average Bonchev–Trinajstić information content (AvgIpc) is 3.81. The average molecular weight is 743 g/mol. The van der Waals surface area contributed by atoms with Gasteiger partial charge < -0.3 is 35.8 Å². The molecule has 12 heteroatoms. The lowest BCUT2D eigenvalue weighted by Gasteiger charge is -2.42. The SMILES string of the molecule is C[C@@H]1N=C(N2CCN(C(=O)[C@@H](CCCCN3CCCCC3)NC3CCC(CN)CC3)[C@H](C(=O)NCc3cc4cnccc4s3)C2)O[C@H]1c1ccccc1. The summed E-state index contributed by atoms with van der Waals surface area (Å²) >= 11 is 1.65. The highest BCUT2D eigenvalue weighted by molar-refractivity contribution is 7.19. The summed E-state index contributed by atoms with van der Waals surface area (Å²) in [7, 11) is 0. The standard InChI is InChI=1S/C41H58N8O3S/c1-29-38(31-10-4-2-5-11-31)52-41(45-29)48-22-23-49(36(28-48)39(50)44-27-34-24-32-26-43-18-17-37(32)53-34)40(51)35(46-33-15-13-30(25-42)14-16-33)12-6-9-21-47-19-7-3-8-20-47/h2,4-5,10-11,17-18,24,26,29-30,33,35-36,38,46H,3,6-9,12-16,19-23,25,27-28,42H2,1H3,(H,44,50)/t29-,30?,33?,35+,36-,38+/m0/s1. The van der Waals surface area contributed by atoms with Gasteiger partial charge in [-0.05, 0) is 108 Å². The number of piperazine rings is 1. The van der Waals surface area contributed by atoms with Gasteiger partial charge >= 0.3 is 0 Å². The summed E-state index contributed by atoms with van der Waals surface area (Å²) < 4.78 is 7.62. The van der Waals surface area contributed by atoms with E-state index in [1.54, 1.807) is 17.5 Å². The van der Waals surface area contributed by atoms with E-state index < -0.39 is 6.04 Å². The first-order valence-electron chi connectivity index (χ1n) is 20.1. The number of nitrogens with one attached hydrogen (secondary N) is 2. The number of nitrogens with zero attached hydrogens (tertiary/aromatic N) is 5. The number of pyridine rings is 1. The predicted octanol–water partition coefficient (Wildman–Crippen LogP) is 5.07. The van der Waals surface area contributed by atoms with Crippen molar-refractivity contribution in [1.29, 1.82) is 0 Å². The number of thiophene rings is 1. The number of likely N-dealkylation sites (tertiary alicyclic amines) is 1. The molecular formula is C41H58N8O3S. The maximum Gasteiger partial charge on any atom is 0.288 e. The molecule has 1 saturated carbocycles. The van der Waals surface area contributed by atoms with Crippen molar-refractivity contribution in [2.45, 2.75) is 108 Å². The quantitative estimate of drug-likeness (QED) is 0.207. The Bertz CT molecular complexity index is 1640. The van der Waals surface area contributed by atoms with Gasteiger partial charge in [0.15, 0.2) is 0 Å². The highest BCUT2D eigenvalue weighted by Crippen LogP contribution is 2.31. The molecule has 0 unspecified atom stereocenters. The molecule has 11 nitrogen and oxygen atoms in total. The molecule has 286 valence electrons. The number of carbonyl (C=O) groups is 2. The molecule has 2 saturated heterocycles. The van der Waals surface area contributed by atoms with Crippen LogP contribution < -0.4 is 16.4 Å². The molecule has 53 heavy (non-hydrogen) atoms. The van der Waals surface area contributed by atoms with Gasteiger partial charge in [0.1, 0.15) is 12.1 Å². The molecule has 0 radical (unpaired) electrons. The summed E-state index contributed by atoms with van der Waals surface area (Å²) in [6, 6.07) is 14.0. The van der Waals surface area contributed by atoms with Crippen molar-refractivity contribution in [3.63, 3.8) is 0 Å². The van der Waals surface area contributed by atoms with E-state index in [2.05, 4.69) is 50.5 Å². The van der Waals surface area contributed by atoms with Gasteiger partial charge in [-0.2, -0.15) is 0 Å². The monoisotopic (exact) mass is 742 g/mol. The lowest BCUT2D eigenvalue weighted by Crippen LogP contribution is -2.64. The largest absolute Gasteiger partial charge is 0.455 e. The molecule has 1 aromatic carbocycles. The van der Waals surface area contributed by atoms with Gasteiger partial charge in [-0.15, -0.1) is 11.3 Å². The lowest BCUT2D eigenvalue weighted by molar-refractivity contribution is -0.145. The van der Waals surface area contributed by atoms with Crippen molar-refractivity contribution in [2.24, 2.45) is 16.6 Å². The number of unbranched alkanes of at least 4 members (excludes halogenated alkanes) is 1. The molecule has 0 bridgehead atoms. The van der Waals surface area contributed by atoms with Gasteiger partial charge in [-0.3, -0.25) is 14.6 Å². The Balaban J connectivity index is 1.07. The number of rotatable bonds is 13. The number of aliphatic imine (C=N–C) groups is 1. The number of nitrogens with two attached hydrogens (primary N) is 1. The Morgan fingerprint density at radius 1 is 1.02 bits per heavy atom. The summed E-state index contributed by atoms with van der Waals surface area (Å²) in [6.45, 7) is 7.94. The van der Waals surface area contributed by atoms with Crippen molar-refractivity contribution in [2.75, 3.05) is 45.8 Å². The van der Waals surface area contributed by atoms with E-state index >= 15 is 0 Å². The number of aromatic nitrogens is 1. The van der Waals surface area contributed by atoms with Crippen LogP contribution in [0.15, 0.2) is 59.9 Å². The smallest absolute Gasteiger partial charge is 0.288 e. The highest BCUT2D eigenvalue weighted by Gasteiger charge is 2.42. The summed E-state index contributed by atoms with van der Waals surface area (Å²) in [4.78, 5) is 45.8. The van der Waals surface area contributed by atoms with E-state index in [1.165, 1.54) is 32.4 Å². The van der Waals surface area contributed by atoms with Gasteiger partial charge in [-0.1, -0.05) is 43.2 Å². The molecule has 3 aliphatic heterocycles. The number of piperidine rings is 1. The van der Waals surface area contributed by atoms with E-state index in [-0.39, 0.29) is 36.0 Å². The third kappa shape index (κ3) is 9.57. The first-order chi connectivity index (χ1) is 25.9. The number of fused-ring (bicyclic) bond motifs is 1. The fourth-order valence-corrected chi connectivity index (χ4v) is 9.56. The van der Waals surface area contributed by atoms with Crippen LogP contribution >= 0.6 is 11.3 Å². The molecule has 3 fully saturated rings. The molecule has 2 amide bonds. The maximum atomic E-state index is 14.8. The number of carbonyl (C=O) groups excluding carboxylic acids is 2. The number of benzene rings is 1. The minimum absolute atomic E-state index is 0.0291. The first-order valence-corrected chi connectivity index (χ1v) is 20.9. The molecule has 4 aliphatic rings. The molecule has 4 atom stereocenters. The number of hydrogen-bond acceptors (Lipinski definition) is 10. The molecule has 2 aromatic heterocycles. The van der Waals surface area contributed by atoms with Crippen molar-refractivity contribution < 1.29 is 14.3 Å². The highest BCUT2D eigenvalue weighted by atomic mass is 32.1. The first kappa shape index (κ1) is 37.7. The molecule has 1 aliphatic carbocycles. The minimum atomic E-state index is -0.685. The van der Waals surface area contributed by atoms with Gasteiger partial charge in [0.05, 0.1) is 25.2 Å². The normalized spacial score (nSPS) is 25.9. The van der Waals surface area contributed by atoms with Crippen LogP contribution in [0.25, 0.3) is 10.1 Å². The summed E-state index contributed by atoms with van der Waals surface area (Å²) in [5.41, 5.74) is 7.10. The third-order valence-corrected chi connectivity index (χ3v) is 12.9. The van der Waals surface area contributed by atoms with Crippen molar-refractivity contribution in [3.05, 3.63) is 65.3 Å². The molecular weight excluding hydrogens is 685 g/mol. The van der Waals surface area contributed by atoms with Gasteiger partial charge in [0, 0.05) is 46.5 Å². The van der Waals surface area contributed by atoms with E-state index in [0.29, 0.717) is 38.1 Å². The van der Waals surface area contributed by atoms with Crippen LogP contribution in [-0.2, 0) is 20.9 Å². The van der Waals surface area contributed by atoms with Crippen LogP contribution in [-0.4, -0.2) is 108 Å². The molecule has 5 heterocycles. The Hall–Kier alpha value is -3.58. The van der Waals surface area contributed by atoms with Crippen LogP contribution in [0.2, 0.25) is 0 Å². The van der Waals surface area contributed by atoms with Crippen molar-refractivity contribution >= 4 is 39.3 Å². The number of amides is 2. The third-order valence-electron chi connectivity index (χ3n) is 11.7. The van der Waals surface area contributed by atoms with Gasteiger partial charge in [-0.25, -0.2) is 4.99 Å². The fraction of sp³-hybridized carbons (Fsp3) is 0.610. The maximum absolute atomic E-state index is 14.8. The number of ether oxygens (including phenoxy) is 1. The topological polar surface area (TPSA) is 128 Å². The molecule has 4 N–H and O–H groups in total.